The van der Waals surface area contributed by atoms with Gasteiger partial charge in [0, 0.05) is 5.92 Å². The predicted molar refractivity (Wildman–Crippen MR) is 137 cm³/mol. The molecule has 1 atom stereocenters. The van der Waals surface area contributed by atoms with Gasteiger partial charge in [-0.2, -0.15) is 0 Å². The average Bonchev–Trinajstić information content (AvgIpc) is 2.63. The van der Waals surface area contributed by atoms with Crippen molar-refractivity contribution in [2.24, 2.45) is 5.92 Å². The van der Waals surface area contributed by atoms with E-state index in [0.717, 1.165) is 12.8 Å². The van der Waals surface area contributed by atoms with Gasteiger partial charge in [0.15, 0.2) is 16.6 Å². The molecule has 1 unspecified atom stereocenters. The van der Waals surface area contributed by atoms with E-state index in [2.05, 4.69) is 53.5 Å². The highest BCUT2D eigenvalue weighted by atomic mass is 28.4. The average molecular weight is 459 g/mol. The van der Waals surface area contributed by atoms with E-state index >= 15 is 0 Å². The quantitative estimate of drug-likeness (QED) is 0.356. The zero-order valence-electron chi connectivity index (χ0n) is 20.7. The van der Waals surface area contributed by atoms with Gasteiger partial charge in [0.1, 0.15) is 11.5 Å². The maximum Gasteiger partial charge on any atom is 0.179 e. The summed E-state index contributed by atoms with van der Waals surface area (Å²) in [4.78, 5) is 0. The van der Waals surface area contributed by atoms with Crippen molar-refractivity contribution in [3.8, 4) is 11.5 Å². The smallest absolute Gasteiger partial charge is 0.179 e. The SMILES string of the molecule is CC(CCCC(C)(C)[Si](C)(C)O[Si](C)(C)C)C(c1ccc(O)cc1)c1ccc(O)cc1. The molecule has 0 aromatic heterocycles. The molecule has 0 saturated heterocycles. The van der Waals surface area contributed by atoms with Crippen molar-refractivity contribution < 1.29 is 14.3 Å². The van der Waals surface area contributed by atoms with E-state index in [1.165, 1.54) is 17.5 Å². The fourth-order valence-corrected chi connectivity index (χ4v) is 12.5. The Balaban J connectivity index is 2.14. The Hall–Kier alpha value is -1.57. The number of aromatic hydroxyl groups is 2. The number of phenolic OH excluding ortho intramolecular Hbond substituents is 2. The first-order valence-corrected chi connectivity index (χ1v) is 17.8. The van der Waals surface area contributed by atoms with Crippen molar-refractivity contribution >= 4 is 16.6 Å². The minimum absolute atomic E-state index is 0.222. The fraction of sp³-hybridized carbons (Fsp3) is 0.538. The number of rotatable bonds is 10. The summed E-state index contributed by atoms with van der Waals surface area (Å²) in [7, 11) is -3.36. The molecular weight excluding hydrogens is 416 g/mol. The van der Waals surface area contributed by atoms with Crippen LogP contribution in [0.3, 0.4) is 0 Å². The minimum Gasteiger partial charge on any atom is -0.508 e. The third-order valence-corrected chi connectivity index (χ3v) is 14.7. The maximum atomic E-state index is 9.73. The van der Waals surface area contributed by atoms with Gasteiger partial charge in [-0.25, -0.2) is 0 Å². The topological polar surface area (TPSA) is 49.7 Å². The first-order valence-electron chi connectivity index (χ1n) is 11.5. The molecule has 0 spiro atoms. The molecule has 0 aliphatic heterocycles. The number of phenols is 2. The van der Waals surface area contributed by atoms with Crippen LogP contribution >= 0.6 is 0 Å². The lowest BCUT2D eigenvalue weighted by Crippen LogP contribution is -2.49. The number of benzene rings is 2. The fourth-order valence-electron chi connectivity index (χ4n) is 4.45. The van der Waals surface area contributed by atoms with Crippen molar-refractivity contribution in [1.82, 2.24) is 0 Å². The summed E-state index contributed by atoms with van der Waals surface area (Å²) in [5.74, 6) is 1.25. The van der Waals surface area contributed by atoms with Crippen LogP contribution in [0.5, 0.6) is 11.5 Å². The third kappa shape index (κ3) is 7.23. The second-order valence-corrected chi connectivity index (χ2v) is 20.6. The van der Waals surface area contributed by atoms with Gasteiger partial charge in [0.05, 0.1) is 0 Å². The third-order valence-electron chi connectivity index (χ3n) is 6.73. The Morgan fingerprint density at radius 2 is 1.23 bits per heavy atom. The molecule has 0 heterocycles. The first kappa shape index (κ1) is 25.7. The molecule has 0 aliphatic carbocycles. The molecular formula is C26H42O3Si2. The Bertz CT molecular complexity index is 776. The summed E-state index contributed by atoms with van der Waals surface area (Å²) in [5.41, 5.74) is 2.40. The molecule has 2 aromatic carbocycles. The van der Waals surface area contributed by atoms with Crippen molar-refractivity contribution in [2.45, 2.75) is 83.7 Å². The van der Waals surface area contributed by atoms with Crippen molar-refractivity contribution in [2.75, 3.05) is 0 Å². The van der Waals surface area contributed by atoms with Crippen LogP contribution < -0.4 is 0 Å². The van der Waals surface area contributed by atoms with Crippen molar-refractivity contribution in [3.05, 3.63) is 59.7 Å². The predicted octanol–water partition coefficient (Wildman–Crippen LogP) is 7.87. The van der Waals surface area contributed by atoms with Crippen LogP contribution in [0.15, 0.2) is 48.5 Å². The molecule has 2 rings (SSSR count). The van der Waals surface area contributed by atoms with E-state index in [9.17, 15) is 10.2 Å². The second-order valence-electron chi connectivity index (χ2n) is 11.1. The number of hydrogen-bond donors (Lipinski definition) is 2. The summed E-state index contributed by atoms with van der Waals surface area (Å²) in [6.07, 6.45) is 3.44. The zero-order valence-corrected chi connectivity index (χ0v) is 22.7. The molecule has 0 saturated carbocycles. The highest BCUT2D eigenvalue weighted by molar-refractivity contribution is 6.85. The van der Waals surface area contributed by atoms with Gasteiger partial charge in [0.25, 0.3) is 0 Å². The Morgan fingerprint density at radius 3 is 1.61 bits per heavy atom. The van der Waals surface area contributed by atoms with Crippen LogP contribution in [0, 0.1) is 5.92 Å². The Kier molecular flexibility index (Phi) is 8.23. The highest BCUT2D eigenvalue weighted by Gasteiger charge is 2.43. The lowest BCUT2D eigenvalue weighted by Gasteiger charge is -2.44. The van der Waals surface area contributed by atoms with Gasteiger partial charge in [0.2, 0.25) is 0 Å². The van der Waals surface area contributed by atoms with E-state index in [1.807, 2.05) is 24.3 Å². The van der Waals surface area contributed by atoms with E-state index in [4.69, 9.17) is 4.12 Å². The zero-order chi connectivity index (χ0) is 23.4. The highest BCUT2D eigenvalue weighted by Crippen LogP contribution is 2.45. The summed E-state index contributed by atoms with van der Waals surface area (Å²) < 4.78 is 6.69. The van der Waals surface area contributed by atoms with Crippen molar-refractivity contribution in [3.63, 3.8) is 0 Å². The van der Waals surface area contributed by atoms with Gasteiger partial charge in [-0.1, -0.05) is 51.5 Å². The number of hydrogen-bond acceptors (Lipinski definition) is 3. The lowest BCUT2D eigenvalue weighted by atomic mass is 9.79. The van der Waals surface area contributed by atoms with Gasteiger partial charge < -0.3 is 14.3 Å². The van der Waals surface area contributed by atoms with Crippen LogP contribution in [0.25, 0.3) is 0 Å². The minimum atomic E-state index is -1.80. The van der Waals surface area contributed by atoms with Gasteiger partial charge in [-0.15, -0.1) is 0 Å². The molecule has 0 aliphatic rings. The van der Waals surface area contributed by atoms with E-state index in [0.29, 0.717) is 5.92 Å². The van der Waals surface area contributed by atoms with Crippen LogP contribution in [0.2, 0.25) is 37.8 Å². The molecule has 31 heavy (non-hydrogen) atoms. The van der Waals surface area contributed by atoms with Crippen LogP contribution in [0.4, 0.5) is 0 Å². The van der Waals surface area contributed by atoms with Gasteiger partial charge in [-0.3, -0.25) is 0 Å². The molecule has 0 amide bonds. The molecule has 2 aromatic rings. The van der Waals surface area contributed by atoms with E-state index in [-0.39, 0.29) is 22.5 Å². The Morgan fingerprint density at radius 1 is 0.806 bits per heavy atom. The summed E-state index contributed by atoms with van der Waals surface area (Å²) in [6.45, 7) is 18.7. The molecule has 5 heteroatoms. The summed E-state index contributed by atoms with van der Waals surface area (Å²) in [6, 6.07) is 15.1. The lowest BCUT2D eigenvalue weighted by molar-refractivity contribution is 0.401. The maximum absolute atomic E-state index is 9.73. The van der Waals surface area contributed by atoms with Crippen LogP contribution in [-0.4, -0.2) is 26.8 Å². The molecule has 3 nitrogen and oxygen atoms in total. The molecule has 2 N–H and O–H groups in total. The molecule has 0 bridgehead atoms. The van der Waals surface area contributed by atoms with Crippen molar-refractivity contribution in [1.29, 1.82) is 0 Å². The molecule has 172 valence electrons. The Labute approximate surface area is 191 Å². The standard InChI is InChI=1S/C26H42O3Si2/c1-20(10-9-19-26(2,3)31(7,8)29-30(4,5)6)25(21-11-15-23(27)16-12-21)22-13-17-24(28)18-14-22/h11-18,20,25,27-28H,9-10,19H2,1-8H3. The van der Waals surface area contributed by atoms with Gasteiger partial charge >= 0.3 is 0 Å². The molecule has 0 fully saturated rings. The van der Waals surface area contributed by atoms with Crippen LogP contribution in [0.1, 0.15) is 57.1 Å². The normalized spacial score (nSPS) is 14.1. The summed E-state index contributed by atoms with van der Waals surface area (Å²) in [5, 5.41) is 19.7. The monoisotopic (exact) mass is 458 g/mol. The van der Waals surface area contributed by atoms with Gasteiger partial charge in [-0.05, 0) is 91.9 Å². The molecule has 0 radical (unpaired) electrons. The summed E-state index contributed by atoms with van der Waals surface area (Å²) >= 11 is 0. The van der Waals surface area contributed by atoms with Crippen LogP contribution in [-0.2, 0) is 4.12 Å². The largest absolute Gasteiger partial charge is 0.508 e. The van der Waals surface area contributed by atoms with E-state index in [1.54, 1.807) is 24.3 Å². The first-order chi connectivity index (χ1) is 14.2. The second kappa shape index (κ2) is 9.93. The van der Waals surface area contributed by atoms with E-state index < -0.39 is 16.6 Å².